The molecule has 1 unspecified atom stereocenters. The summed E-state index contributed by atoms with van der Waals surface area (Å²) in [5, 5.41) is 3.30. The second-order valence-electron chi connectivity index (χ2n) is 4.46. The van der Waals surface area contributed by atoms with Gasteiger partial charge in [-0.05, 0) is 37.7 Å². The first-order chi connectivity index (χ1) is 8.74. The molecule has 0 aliphatic carbocycles. The quantitative estimate of drug-likeness (QED) is 0.876. The van der Waals surface area contributed by atoms with E-state index in [1.165, 1.54) is 16.9 Å². The Hall–Kier alpha value is -1.80. The molecular formula is C16H20N2. The maximum absolute atomic E-state index is 3.30. The molecule has 0 radical (unpaired) electrons. The van der Waals surface area contributed by atoms with Gasteiger partial charge in [0.1, 0.15) is 0 Å². The standard InChI is InChI=1S/C16H20N2/c1-13(17-2)15-11-7-8-12-16(15)18(3)14-9-5-4-6-10-14/h4-13,17H,1-3H3. The fourth-order valence-electron chi connectivity index (χ4n) is 2.11. The largest absolute Gasteiger partial charge is 0.344 e. The number of hydrogen-bond acceptors (Lipinski definition) is 2. The molecule has 18 heavy (non-hydrogen) atoms. The molecule has 2 aromatic rings. The van der Waals surface area contributed by atoms with Crippen molar-refractivity contribution in [3.05, 3.63) is 60.2 Å². The molecule has 1 N–H and O–H groups in total. The zero-order valence-electron chi connectivity index (χ0n) is 11.2. The van der Waals surface area contributed by atoms with E-state index in [2.05, 4.69) is 72.7 Å². The Morgan fingerprint density at radius 3 is 2.22 bits per heavy atom. The van der Waals surface area contributed by atoms with Gasteiger partial charge in [0, 0.05) is 24.5 Å². The molecule has 2 rings (SSSR count). The summed E-state index contributed by atoms with van der Waals surface area (Å²) in [5.41, 5.74) is 3.75. The third kappa shape index (κ3) is 2.54. The molecule has 0 saturated heterocycles. The number of benzene rings is 2. The highest BCUT2D eigenvalue weighted by Gasteiger charge is 2.12. The van der Waals surface area contributed by atoms with Crippen LogP contribution in [-0.4, -0.2) is 14.1 Å². The summed E-state index contributed by atoms with van der Waals surface area (Å²) < 4.78 is 0. The van der Waals surface area contributed by atoms with Gasteiger partial charge >= 0.3 is 0 Å². The summed E-state index contributed by atoms with van der Waals surface area (Å²) >= 11 is 0. The van der Waals surface area contributed by atoms with Crippen LogP contribution in [0, 0.1) is 0 Å². The molecule has 0 heterocycles. The third-order valence-corrected chi connectivity index (χ3v) is 3.34. The first kappa shape index (κ1) is 12.7. The first-order valence-electron chi connectivity index (χ1n) is 6.29. The van der Waals surface area contributed by atoms with Crippen LogP contribution >= 0.6 is 0 Å². The number of para-hydroxylation sites is 2. The van der Waals surface area contributed by atoms with E-state index in [1.54, 1.807) is 0 Å². The molecule has 0 bridgehead atoms. The minimum absolute atomic E-state index is 0.340. The smallest absolute Gasteiger partial charge is 0.0456 e. The molecule has 0 amide bonds. The van der Waals surface area contributed by atoms with E-state index < -0.39 is 0 Å². The zero-order valence-corrected chi connectivity index (χ0v) is 11.2. The molecule has 94 valence electrons. The van der Waals surface area contributed by atoms with Crippen LogP contribution in [0.25, 0.3) is 0 Å². The summed E-state index contributed by atoms with van der Waals surface area (Å²) in [5.74, 6) is 0. The maximum atomic E-state index is 3.30. The fraction of sp³-hybridized carbons (Fsp3) is 0.250. The van der Waals surface area contributed by atoms with Gasteiger partial charge < -0.3 is 10.2 Å². The molecule has 0 fully saturated rings. The predicted molar refractivity (Wildman–Crippen MR) is 78.4 cm³/mol. The van der Waals surface area contributed by atoms with Crippen LogP contribution in [0.4, 0.5) is 11.4 Å². The number of nitrogens with zero attached hydrogens (tertiary/aromatic N) is 1. The van der Waals surface area contributed by atoms with Crippen LogP contribution in [0.1, 0.15) is 18.5 Å². The van der Waals surface area contributed by atoms with Gasteiger partial charge in [-0.15, -0.1) is 0 Å². The normalized spacial score (nSPS) is 12.2. The van der Waals surface area contributed by atoms with Crippen LogP contribution in [0.2, 0.25) is 0 Å². The van der Waals surface area contributed by atoms with Crippen LogP contribution in [-0.2, 0) is 0 Å². The van der Waals surface area contributed by atoms with Gasteiger partial charge in [-0.3, -0.25) is 0 Å². The minimum Gasteiger partial charge on any atom is -0.344 e. The third-order valence-electron chi connectivity index (χ3n) is 3.34. The Morgan fingerprint density at radius 1 is 0.944 bits per heavy atom. The number of hydrogen-bond donors (Lipinski definition) is 1. The van der Waals surface area contributed by atoms with Crippen molar-refractivity contribution in [2.45, 2.75) is 13.0 Å². The molecule has 0 aliphatic rings. The molecular weight excluding hydrogens is 220 g/mol. The summed E-state index contributed by atoms with van der Waals surface area (Å²) in [6.45, 7) is 2.18. The highest BCUT2D eigenvalue weighted by Crippen LogP contribution is 2.30. The average Bonchev–Trinajstić information content (AvgIpc) is 2.46. The lowest BCUT2D eigenvalue weighted by Gasteiger charge is -2.25. The summed E-state index contributed by atoms with van der Waals surface area (Å²) in [6.07, 6.45) is 0. The first-order valence-corrected chi connectivity index (χ1v) is 6.29. The number of nitrogens with one attached hydrogen (secondary N) is 1. The highest BCUT2D eigenvalue weighted by molar-refractivity contribution is 5.66. The molecule has 2 aromatic carbocycles. The number of anilines is 2. The summed E-state index contributed by atoms with van der Waals surface area (Å²) in [4.78, 5) is 2.23. The molecule has 2 nitrogen and oxygen atoms in total. The lowest BCUT2D eigenvalue weighted by atomic mass is 10.1. The average molecular weight is 240 g/mol. The molecule has 1 atom stereocenters. The highest BCUT2D eigenvalue weighted by atomic mass is 15.1. The molecule has 0 spiro atoms. The second-order valence-corrected chi connectivity index (χ2v) is 4.46. The van der Waals surface area contributed by atoms with Crippen LogP contribution in [0.15, 0.2) is 54.6 Å². The predicted octanol–water partition coefficient (Wildman–Crippen LogP) is 3.73. The Labute approximate surface area is 109 Å². The van der Waals surface area contributed by atoms with Crippen molar-refractivity contribution in [2.75, 3.05) is 19.0 Å². The van der Waals surface area contributed by atoms with Crippen LogP contribution in [0.5, 0.6) is 0 Å². The van der Waals surface area contributed by atoms with E-state index in [-0.39, 0.29) is 0 Å². The Bertz CT molecular complexity index is 493. The minimum atomic E-state index is 0.340. The zero-order chi connectivity index (χ0) is 13.0. The van der Waals surface area contributed by atoms with E-state index in [9.17, 15) is 0 Å². The SMILES string of the molecule is CNC(C)c1ccccc1N(C)c1ccccc1. The monoisotopic (exact) mass is 240 g/mol. The lowest BCUT2D eigenvalue weighted by molar-refractivity contribution is 0.652. The molecule has 0 aliphatic heterocycles. The van der Waals surface area contributed by atoms with Gasteiger partial charge in [-0.1, -0.05) is 36.4 Å². The number of rotatable bonds is 4. The Balaban J connectivity index is 2.39. The Morgan fingerprint density at radius 2 is 1.56 bits per heavy atom. The van der Waals surface area contributed by atoms with Gasteiger partial charge in [-0.2, -0.15) is 0 Å². The second kappa shape index (κ2) is 5.69. The van der Waals surface area contributed by atoms with E-state index >= 15 is 0 Å². The van der Waals surface area contributed by atoms with E-state index in [0.717, 1.165) is 0 Å². The van der Waals surface area contributed by atoms with Crippen molar-refractivity contribution in [1.29, 1.82) is 0 Å². The van der Waals surface area contributed by atoms with Crippen molar-refractivity contribution in [2.24, 2.45) is 0 Å². The van der Waals surface area contributed by atoms with E-state index in [1.807, 2.05) is 13.1 Å². The maximum Gasteiger partial charge on any atom is 0.0456 e. The lowest BCUT2D eigenvalue weighted by Crippen LogP contribution is -2.18. The van der Waals surface area contributed by atoms with Gasteiger partial charge in [0.25, 0.3) is 0 Å². The summed E-state index contributed by atoms with van der Waals surface area (Å²) in [6, 6.07) is 19.3. The van der Waals surface area contributed by atoms with Crippen LogP contribution < -0.4 is 10.2 Å². The Kier molecular flexibility index (Phi) is 4.00. The topological polar surface area (TPSA) is 15.3 Å². The van der Waals surface area contributed by atoms with Crippen molar-refractivity contribution in [3.8, 4) is 0 Å². The molecule has 0 aromatic heterocycles. The van der Waals surface area contributed by atoms with Crippen molar-refractivity contribution < 1.29 is 0 Å². The van der Waals surface area contributed by atoms with Crippen LogP contribution in [0.3, 0.4) is 0 Å². The van der Waals surface area contributed by atoms with Crippen molar-refractivity contribution >= 4 is 11.4 Å². The van der Waals surface area contributed by atoms with E-state index in [4.69, 9.17) is 0 Å². The van der Waals surface area contributed by atoms with Gasteiger partial charge in [0.15, 0.2) is 0 Å². The molecule has 2 heteroatoms. The summed E-state index contributed by atoms with van der Waals surface area (Å²) in [7, 11) is 4.10. The van der Waals surface area contributed by atoms with Gasteiger partial charge in [0.2, 0.25) is 0 Å². The van der Waals surface area contributed by atoms with Crippen molar-refractivity contribution in [3.63, 3.8) is 0 Å². The fourth-order valence-corrected chi connectivity index (χ4v) is 2.11. The van der Waals surface area contributed by atoms with E-state index in [0.29, 0.717) is 6.04 Å². The van der Waals surface area contributed by atoms with Crippen molar-refractivity contribution in [1.82, 2.24) is 5.32 Å². The van der Waals surface area contributed by atoms with Gasteiger partial charge in [0.05, 0.1) is 0 Å². The molecule has 0 saturated carbocycles. The van der Waals surface area contributed by atoms with Gasteiger partial charge in [-0.25, -0.2) is 0 Å².